The Labute approximate surface area is 106 Å². The van der Waals surface area contributed by atoms with Crippen LogP contribution in [0.3, 0.4) is 0 Å². The first-order valence-electron chi connectivity index (χ1n) is 6.10. The summed E-state index contributed by atoms with van der Waals surface area (Å²) in [6, 6.07) is 3.82. The van der Waals surface area contributed by atoms with Crippen molar-refractivity contribution in [1.29, 1.82) is 0 Å². The molecule has 0 aromatic carbocycles. The van der Waals surface area contributed by atoms with E-state index in [1.165, 1.54) is 6.07 Å². The van der Waals surface area contributed by atoms with Crippen LogP contribution in [-0.4, -0.2) is 35.1 Å². The van der Waals surface area contributed by atoms with Gasteiger partial charge in [-0.25, -0.2) is 4.98 Å². The van der Waals surface area contributed by atoms with Gasteiger partial charge in [0.15, 0.2) is 0 Å². The van der Waals surface area contributed by atoms with E-state index in [0.29, 0.717) is 17.9 Å². The highest BCUT2D eigenvalue weighted by molar-refractivity contribution is 5.58. The number of pyridine rings is 1. The van der Waals surface area contributed by atoms with Gasteiger partial charge in [0.2, 0.25) is 5.82 Å². The molecular weight excluding hydrogens is 232 g/mol. The van der Waals surface area contributed by atoms with Crippen LogP contribution in [0.5, 0.6) is 0 Å². The van der Waals surface area contributed by atoms with Crippen molar-refractivity contribution >= 4 is 11.5 Å². The molecule has 0 spiro atoms. The lowest BCUT2D eigenvalue weighted by Gasteiger charge is -2.36. The van der Waals surface area contributed by atoms with E-state index in [4.69, 9.17) is 0 Å². The zero-order chi connectivity index (χ0) is 13.3. The summed E-state index contributed by atoms with van der Waals surface area (Å²) in [4.78, 5) is 17.0. The Morgan fingerprint density at radius 2 is 2.00 bits per heavy atom. The molecule has 1 saturated heterocycles. The van der Waals surface area contributed by atoms with Crippen LogP contribution in [0.2, 0.25) is 0 Å². The van der Waals surface area contributed by atoms with E-state index in [-0.39, 0.29) is 10.6 Å². The third kappa shape index (κ3) is 2.59. The highest BCUT2D eigenvalue weighted by atomic mass is 16.6. The Kier molecular flexibility index (Phi) is 3.47. The van der Waals surface area contributed by atoms with E-state index in [1.807, 2.05) is 11.8 Å². The molecule has 2 heterocycles. The molecule has 0 radical (unpaired) electrons. The van der Waals surface area contributed by atoms with Crippen LogP contribution in [0.15, 0.2) is 12.1 Å². The van der Waals surface area contributed by atoms with Crippen molar-refractivity contribution in [2.75, 3.05) is 18.0 Å². The molecule has 6 nitrogen and oxygen atoms in total. The fourth-order valence-corrected chi connectivity index (χ4v) is 2.41. The summed E-state index contributed by atoms with van der Waals surface area (Å²) in [7, 11) is 0. The van der Waals surface area contributed by atoms with Gasteiger partial charge in [-0.05, 0) is 26.8 Å². The number of hydrogen-bond donors (Lipinski definition) is 1. The topological polar surface area (TPSA) is 71.3 Å². The van der Waals surface area contributed by atoms with Gasteiger partial charge in [0.1, 0.15) is 0 Å². The standard InChI is InChI=1S/C12H18N4O2/c1-8-4-5-11(16(17)18)12(14-8)15-6-9(2)13-10(3)7-15/h4-5,9-10,13H,6-7H2,1-3H3. The maximum atomic E-state index is 11.1. The summed E-state index contributed by atoms with van der Waals surface area (Å²) in [5.74, 6) is 0.486. The van der Waals surface area contributed by atoms with Crippen LogP contribution in [0.25, 0.3) is 0 Å². The zero-order valence-electron chi connectivity index (χ0n) is 10.9. The van der Waals surface area contributed by atoms with Crippen LogP contribution in [0.4, 0.5) is 11.5 Å². The Morgan fingerprint density at radius 3 is 2.56 bits per heavy atom. The van der Waals surface area contributed by atoms with Crippen molar-refractivity contribution in [2.24, 2.45) is 0 Å². The summed E-state index contributed by atoms with van der Waals surface area (Å²) in [6.07, 6.45) is 0. The van der Waals surface area contributed by atoms with E-state index in [0.717, 1.165) is 18.8 Å². The molecule has 18 heavy (non-hydrogen) atoms. The normalized spacial score (nSPS) is 24.1. The SMILES string of the molecule is Cc1ccc([N+](=O)[O-])c(N2CC(C)NC(C)C2)n1. The predicted octanol–water partition coefficient (Wildman–Crippen LogP) is 1.48. The van der Waals surface area contributed by atoms with Crippen molar-refractivity contribution < 1.29 is 4.92 Å². The first kappa shape index (κ1) is 12.8. The van der Waals surface area contributed by atoms with Crippen LogP contribution < -0.4 is 10.2 Å². The summed E-state index contributed by atoms with van der Waals surface area (Å²) in [5, 5.41) is 14.5. The van der Waals surface area contributed by atoms with Gasteiger partial charge in [0.05, 0.1) is 4.92 Å². The molecule has 0 saturated carbocycles. The third-order valence-electron chi connectivity index (χ3n) is 3.05. The number of aromatic nitrogens is 1. The van der Waals surface area contributed by atoms with Gasteiger partial charge in [0.25, 0.3) is 0 Å². The van der Waals surface area contributed by atoms with Crippen LogP contribution >= 0.6 is 0 Å². The van der Waals surface area contributed by atoms with Crippen molar-refractivity contribution in [3.8, 4) is 0 Å². The minimum Gasteiger partial charge on any atom is -0.348 e. The van der Waals surface area contributed by atoms with Gasteiger partial charge in [-0.3, -0.25) is 10.1 Å². The Balaban J connectivity index is 2.36. The van der Waals surface area contributed by atoms with E-state index < -0.39 is 0 Å². The summed E-state index contributed by atoms with van der Waals surface area (Å²) in [6.45, 7) is 7.47. The first-order chi connectivity index (χ1) is 8.47. The number of nitrogens with one attached hydrogen (secondary N) is 1. The number of aryl methyl sites for hydroxylation is 1. The van der Waals surface area contributed by atoms with Gasteiger partial charge in [-0.2, -0.15) is 0 Å². The molecule has 1 aliphatic rings. The lowest BCUT2D eigenvalue weighted by atomic mass is 10.1. The maximum Gasteiger partial charge on any atom is 0.311 e. The lowest BCUT2D eigenvalue weighted by molar-refractivity contribution is -0.384. The van der Waals surface area contributed by atoms with E-state index in [2.05, 4.69) is 24.1 Å². The second-order valence-electron chi connectivity index (χ2n) is 4.93. The fourth-order valence-electron chi connectivity index (χ4n) is 2.41. The largest absolute Gasteiger partial charge is 0.348 e. The first-order valence-corrected chi connectivity index (χ1v) is 6.10. The van der Waals surface area contributed by atoms with Gasteiger partial charge in [-0.15, -0.1) is 0 Å². The Hall–Kier alpha value is -1.69. The number of anilines is 1. The monoisotopic (exact) mass is 250 g/mol. The van der Waals surface area contributed by atoms with Gasteiger partial charge < -0.3 is 10.2 Å². The minimum absolute atomic E-state index is 0.0851. The van der Waals surface area contributed by atoms with E-state index >= 15 is 0 Å². The maximum absolute atomic E-state index is 11.1. The lowest BCUT2D eigenvalue weighted by Crippen LogP contribution is -2.54. The second-order valence-corrected chi connectivity index (χ2v) is 4.93. The van der Waals surface area contributed by atoms with Crippen molar-refractivity contribution in [3.63, 3.8) is 0 Å². The molecule has 0 amide bonds. The van der Waals surface area contributed by atoms with Crippen molar-refractivity contribution in [3.05, 3.63) is 27.9 Å². The molecule has 1 N–H and O–H groups in total. The predicted molar refractivity (Wildman–Crippen MR) is 69.9 cm³/mol. The van der Waals surface area contributed by atoms with Crippen molar-refractivity contribution in [1.82, 2.24) is 10.3 Å². The fraction of sp³-hybridized carbons (Fsp3) is 0.583. The van der Waals surface area contributed by atoms with Crippen LogP contribution in [0, 0.1) is 17.0 Å². The molecule has 1 aromatic heterocycles. The molecular formula is C12H18N4O2. The van der Waals surface area contributed by atoms with Gasteiger partial charge in [-0.1, -0.05) is 0 Å². The number of piperazine rings is 1. The summed E-state index contributed by atoms with van der Waals surface area (Å²) in [5.41, 5.74) is 0.885. The minimum atomic E-state index is -0.362. The smallest absolute Gasteiger partial charge is 0.311 e. The summed E-state index contributed by atoms with van der Waals surface area (Å²) >= 11 is 0. The van der Waals surface area contributed by atoms with Gasteiger partial charge >= 0.3 is 5.69 Å². The third-order valence-corrected chi connectivity index (χ3v) is 3.05. The average molecular weight is 250 g/mol. The molecule has 2 atom stereocenters. The number of nitrogens with zero attached hydrogens (tertiary/aromatic N) is 3. The number of rotatable bonds is 2. The van der Waals surface area contributed by atoms with Crippen LogP contribution in [-0.2, 0) is 0 Å². The molecule has 2 rings (SSSR count). The van der Waals surface area contributed by atoms with Crippen LogP contribution in [0.1, 0.15) is 19.5 Å². The molecule has 98 valence electrons. The highest BCUT2D eigenvalue weighted by Gasteiger charge is 2.27. The molecule has 1 fully saturated rings. The molecule has 0 aliphatic carbocycles. The number of hydrogen-bond acceptors (Lipinski definition) is 5. The molecule has 6 heteroatoms. The summed E-state index contributed by atoms with van der Waals surface area (Å²) < 4.78 is 0. The Morgan fingerprint density at radius 1 is 1.39 bits per heavy atom. The molecule has 1 aliphatic heterocycles. The zero-order valence-corrected chi connectivity index (χ0v) is 10.9. The average Bonchev–Trinajstić information content (AvgIpc) is 2.27. The molecule has 0 bridgehead atoms. The second kappa shape index (κ2) is 4.89. The quantitative estimate of drug-likeness (QED) is 0.636. The Bertz CT molecular complexity index is 453. The van der Waals surface area contributed by atoms with Gasteiger partial charge in [0, 0.05) is 36.9 Å². The van der Waals surface area contributed by atoms with E-state index in [9.17, 15) is 10.1 Å². The molecule has 1 aromatic rings. The number of nitro groups is 1. The van der Waals surface area contributed by atoms with Crippen molar-refractivity contribution in [2.45, 2.75) is 32.9 Å². The highest BCUT2D eigenvalue weighted by Crippen LogP contribution is 2.27. The molecule has 2 unspecified atom stereocenters. The van der Waals surface area contributed by atoms with E-state index in [1.54, 1.807) is 6.07 Å².